The van der Waals surface area contributed by atoms with Gasteiger partial charge in [-0.1, -0.05) is 0 Å². The molecule has 0 bridgehead atoms. The first-order valence-electron chi connectivity index (χ1n) is 1.57. The first kappa shape index (κ1) is 12.5. The summed E-state index contributed by atoms with van der Waals surface area (Å²) in [5, 5.41) is 7.68. The molecule has 0 aliphatic rings. The van der Waals surface area contributed by atoms with E-state index in [2.05, 4.69) is 15.4 Å². The summed E-state index contributed by atoms with van der Waals surface area (Å²) in [5.74, 6) is -1.43. The van der Waals surface area contributed by atoms with Gasteiger partial charge < -0.3 is 9.52 Å². The number of hydrogen-bond donors (Lipinski definition) is 0. The fourth-order valence-electron chi connectivity index (χ4n) is 0.119. The van der Waals surface area contributed by atoms with Crippen molar-refractivity contribution in [1.82, 2.24) is 0 Å². The zero-order valence-electron chi connectivity index (χ0n) is 4.91. The molecule has 50 valence electrons. The van der Waals surface area contributed by atoms with Crippen LogP contribution in [0.1, 0.15) is 0 Å². The van der Waals surface area contributed by atoms with Crippen molar-refractivity contribution in [2.24, 2.45) is 0 Å². The minimum Gasteiger partial charge on any atom is -0.519 e. The predicted octanol–water partition coefficient (Wildman–Crippen LogP) is -3.10. The standard InChI is InChI=1S/C2HClN2O3S.Li/c3-9(7,8)5-2(6)1-4;/h(H,5,6);/q;+1/p-1. The van der Waals surface area contributed by atoms with Crippen LogP contribution >= 0.6 is 10.7 Å². The second-order valence-electron chi connectivity index (χ2n) is 0.920. The Morgan fingerprint density at radius 1 is 1.60 bits per heavy atom. The van der Waals surface area contributed by atoms with Gasteiger partial charge in [-0.15, -0.1) is 0 Å². The molecule has 0 aliphatic carbocycles. The van der Waals surface area contributed by atoms with Crippen LogP contribution in [0.5, 0.6) is 0 Å². The van der Waals surface area contributed by atoms with Gasteiger partial charge in [0.1, 0.15) is 6.07 Å². The average Bonchev–Trinajstić information content (AvgIpc) is 1.62. The van der Waals surface area contributed by atoms with Gasteiger partial charge in [-0.2, -0.15) is 5.26 Å². The predicted molar refractivity (Wildman–Crippen MR) is 28.8 cm³/mol. The third-order valence-corrected chi connectivity index (χ3v) is 0.879. The number of rotatable bonds is 1. The zero-order chi connectivity index (χ0) is 7.49. The molecule has 0 aromatic carbocycles. The SMILES string of the molecule is N#CC(=O)[N-]S(=O)(=O)Cl.[Li+]. The maximum absolute atomic E-state index is 9.84. The minimum absolute atomic E-state index is 0. The van der Waals surface area contributed by atoms with E-state index in [1.807, 2.05) is 0 Å². The van der Waals surface area contributed by atoms with Gasteiger partial charge >= 0.3 is 18.9 Å². The number of amides is 1. The molecule has 0 saturated heterocycles. The van der Waals surface area contributed by atoms with E-state index in [0.29, 0.717) is 0 Å². The third kappa shape index (κ3) is 7.80. The van der Waals surface area contributed by atoms with Crippen molar-refractivity contribution >= 4 is 25.8 Å². The summed E-state index contributed by atoms with van der Waals surface area (Å²) in [6, 6.07) is 0.952. The molecule has 8 heteroatoms. The number of carbonyl (C=O) groups excluding carboxylic acids is 1. The van der Waals surface area contributed by atoms with Crippen molar-refractivity contribution < 1.29 is 32.1 Å². The monoisotopic (exact) mass is 174 g/mol. The summed E-state index contributed by atoms with van der Waals surface area (Å²) in [6.07, 6.45) is 0. The molecule has 0 atom stereocenters. The van der Waals surface area contributed by atoms with E-state index in [9.17, 15) is 13.2 Å². The summed E-state index contributed by atoms with van der Waals surface area (Å²) in [6.45, 7) is 0. The van der Waals surface area contributed by atoms with Crippen molar-refractivity contribution in [1.29, 1.82) is 5.26 Å². The first-order chi connectivity index (χ1) is 3.95. The van der Waals surface area contributed by atoms with Crippen LogP contribution in [0.15, 0.2) is 0 Å². The molecule has 1 amide bonds. The Morgan fingerprint density at radius 3 is 2.10 bits per heavy atom. The van der Waals surface area contributed by atoms with Crippen molar-refractivity contribution in [2.45, 2.75) is 0 Å². The van der Waals surface area contributed by atoms with Crippen molar-refractivity contribution in [2.75, 3.05) is 0 Å². The minimum atomic E-state index is -4.21. The van der Waals surface area contributed by atoms with Gasteiger partial charge in [0.25, 0.3) is 0 Å². The first-order valence-corrected chi connectivity index (χ1v) is 3.84. The molecule has 0 aliphatic heterocycles. The Morgan fingerprint density at radius 2 is 2.00 bits per heavy atom. The van der Waals surface area contributed by atoms with Crippen LogP contribution in [0.3, 0.4) is 0 Å². The summed E-state index contributed by atoms with van der Waals surface area (Å²) in [4.78, 5) is 9.84. The van der Waals surface area contributed by atoms with Crippen molar-refractivity contribution in [3.63, 3.8) is 0 Å². The Kier molecular flexibility index (Phi) is 5.72. The number of carbonyl (C=O) groups is 1. The van der Waals surface area contributed by atoms with Gasteiger partial charge in [0.2, 0.25) is 0 Å². The molecular weight excluding hydrogens is 174 g/mol. The van der Waals surface area contributed by atoms with Gasteiger partial charge in [0.05, 0.1) is 0 Å². The smallest absolute Gasteiger partial charge is 0.519 e. The molecule has 0 aromatic heterocycles. The number of halogens is 1. The molecule has 0 spiro atoms. The molecule has 0 rings (SSSR count). The Bertz CT molecular complexity index is 254. The molecule has 0 N–H and O–H groups in total. The van der Waals surface area contributed by atoms with Crippen LogP contribution in [-0.2, 0) is 14.0 Å². The van der Waals surface area contributed by atoms with E-state index < -0.39 is 15.1 Å². The molecule has 0 saturated carbocycles. The van der Waals surface area contributed by atoms with Gasteiger partial charge in [-0.25, -0.2) is 8.42 Å². The van der Waals surface area contributed by atoms with Gasteiger partial charge in [0.15, 0.2) is 15.1 Å². The van der Waals surface area contributed by atoms with Crippen LogP contribution in [0, 0.1) is 11.3 Å². The average molecular weight is 174 g/mol. The summed E-state index contributed by atoms with van der Waals surface area (Å²) < 4.78 is 21.9. The number of nitrogens with zero attached hydrogens (tertiary/aromatic N) is 2. The number of nitriles is 1. The quantitative estimate of drug-likeness (QED) is 0.239. The topological polar surface area (TPSA) is 89.1 Å². The van der Waals surface area contributed by atoms with E-state index in [-0.39, 0.29) is 18.9 Å². The summed E-state index contributed by atoms with van der Waals surface area (Å²) >= 11 is 0. The molecular formula is C2ClLiN2O3S. The van der Waals surface area contributed by atoms with Gasteiger partial charge in [0, 0.05) is 10.7 Å². The van der Waals surface area contributed by atoms with E-state index in [1.165, 1.54) is 0 Å². The van der Waals surface area contributed by atoms with Crippen molar-refractivity contribution in [3.05, 3.63) is 4.72 Å². The second kappa shape index (κ2) is 4.59. The zero-order valence-corrected chi connectivity index (χ0v) is 6.48. The molecule has 5 nitrogen and oxygen atoms in total. The van der Waals surface area contributed by atoms with Crippen LogP contribution in [0.25, 0.3) is 4.72 Å². The molecule has 10 heavy (non-hydrogen) atoms. The maximum Gasteiger partial charge on any atom is 1.00 e. The fourth-order valence-corrected chi connectivity index (χ4v) is 0.546. The van der Waals surface area contributed by atoms with E-state index >= 15 is 0 Å². The Labute approximate surface area is 74.1 Å². The van der Waals surface area contributed by atoms with E-state index in [0.717, 1.165) is 6.07 Å². The maximum atomic E-state index is 9.84. The summed E-state index contributed by atoms with van der Waals surface area (Å²) in [7, 11) is 0.230. The van der Waals surface area contributed by atoms with E-state index in [1.54, 1.807) is 0 Å². The normalized spacial score (nSPS) is 8.80. The van der Waals surface area contributed by atoms with E-state index in [4.69, 9.17) is 5.26 Å². The third-order valence-electron chi connectivity index (χ3n) is 0.288. The van der Waals surface area contributed by atoms with Crippen LogP contribution in [0.2, 0.25) is 0 Å². The second-order valence-corrected chi connectivity index (χ2v) is 3.10. The molecule has 0 fully saturated rings. The molecule has 0 aromatic rings. The van der Waals surface area contributed by atoms with Crippen LogP contribution in [0.4, 0.5) is 0 Å². The summed E-state index contributed by atoms with van der Waals surface area (Å²) in [5.41, 5.74) is 0. The van der Waals surface area contributed by atoms with Crippen LogP contribution < -0.4 is 18.9 Å². The number of hydrogen-bond acceptors (Lipinski definition) is 4. The Balaban J connectivity index is 0. The fraction of sp³-hybridized carbons (Fsp3) is 0. The molecule has 0 radical (unpaired) electrons. The van der Waals surface area contributed by atoms with Crippen LogP contribution in [-0.4, -0.2) is 14.3 Å². The molecule has 0 heterocycles. The van der Waals surface area contributed by atoms with Crippen molar-refractivity contribution in [3.8, 4) is 6.07 Å². The van der Waals surface area contributed by atoms with Gasteiger partial charge in [-0.05, 0) is 0 Å². The Hall–Kier alpha value is -0.203. The molecule has 0 unspecified atom stereocenters. The van der Waals surface area contributed by atoms with Gasteiger partial charge in [-0.3, -0.25) is 0 Å². The largest absolute Gasteiger partial charge is 1.00 e.